The third-order valence-corrected chi connectivity index (χ3v) is 4.54. The van der Waals surface area contributed by atoms with Crippen molar-refractivity contribution in [2.45, 2.75) is 38.8 Å². The largest absolute Gasteiger partial charge is 0.464 e. The van der Waals surface area contributed by atoms with E-state index in [1.165, 1.54) is 24.3 Å². The Morgan fingerprint density at radius 2 is 1.38 bits per heavy atom. The van der Waals surface area contributed by atoms with Crippen molar-refractivity contribution in [2.24, 2.45) is 0 Å². The zero-order valence-corrected chi connectivity index (χ0v) is 18.1. The van der Waals surface area contributed by atoms with E-state index >= 15 is 0 Å². The summed E-state index contributed by atoms with van der Waals surface area (Å²) in [6.45, 7) is 3.57. The lowest BCUT2D eigenvalue weighted by Crippen LogP contribution is -2.53. The van der Waals surface area contributed by atoms with Crippen molar-refractivity contribution >= 4 is 23.7 Å². The van der Waals surface area contributed by atoms with Crippen molar-refractivity contribution in [3.8, 4) is 0 Å². The SMILES string of the molecule is CCOC(=O)N[C@@H](Cc1ccc(N)cc1)C(=O)N[C@@H](Cc1ccc(F)cc1)C(=O)OCC. The highest BCUT2D eigenvalue weighted by molar-refractivity contribution is 5.90. The van der Waals surface area contributed by atoms with Crippen LogP contribution in [0, 0.1) is 5.82 Å². The van der Waals surface area contributed by atoms with Gasteiger partial charge in [0, 0.05) is 18.5 Å². The van der Waals surface area contributed by atoms with E-state index in [-0.39, 0.29) is 26.1 Å². The number of benzene rings is 2. The molecule has 32 heavy (non-hydrogen) atoms. The van der Waals surface area contributed by atoms with E-state index in [9.17, 15) is 18.8 Å². The second-order valence-electron chi connectivity index (χ2n) is 7.01. The van der Waals surface area contributed by atoms with Gasteiger partial charge in [-0.3, -0.25) is 4.79 Å². The topological polar surface area (TPSA) is 120 Å². The fraction of sp³-hybridized carbons (Fsp3) is 0.348. The van der Waals surface area contributed by atoms with E-state index in [0.717, 1.165) is 5.56 Å². The Morgan fingerprint density at radius 1 is 0.844 bits per heavy atom. The lowest BCUT2D eigenvalue weighted by molar-refractivity contribution is -0.147. The van der Waals surface area contributed by atoms with Crippen molar-refractivity contribution < 1.29 is 28.2 Å². The molecular formula is C23H28FN3O5. The molecule has 0 saturated carbocycles. The van der Waals surface area contributed by atoms with Gasteiger partial charge < -0.3 is 25.8 Å². The summed E-state index contributed by atoms with van der Waals surface area (Å²) >= 11 is 0. The van der Waals surface area contributed by atoms with Crippen LogP contribution in [0.3, 0.4) is 0 Å². The number of carbonyl (C=O) groups is 3. The van der Waals surface area contributed by atoms with Gasteiger partial charge in [-0.15, -0.1) is 0 Å². The van der Waals surface area contributed by atoms with Gasteiger partial charge in [0.05, 0.1) is 13.2 Å². The number of nitrogen functional groups attached to an aromatic ring is 1. The maximum Gasteiger partial charge on any atom is 0.407 e. The molecule has 0 aromatic heterocycles. The average molecular weight is 445 g/mol. The smallest absolute Gasteiger partial charge is 0.407 e. The third-order valence-electron chi connectivity index (χ3n) is 4.54. The number of rotatable bonds is 10. The van der Waals surface area contributed by atoms with Gasteiger partial charge in [0.25, 0.3) is 0 Å². The van der Waals surface area contributed by atoms with Crippen molar-refractivity contribution in [1.82, 2.24) is 10.6 Å². The Kier molecular flexibility index (Phi) is 9.46. The molecule has 2 aromatic carbocycles. The Balaban J connectivity index is 2.19. The number of carbonyl (C=O) groups excluding carboxylic acids is 3. The van der Waals surface area contributed by atoms with Crippen LogP contribution in [-0.2, 0) is 31.9 Å². The quantitative estimate of drug-likeness (QED) is 0.382. The fourth-order valence-corrected chi connectivity index (χ4v) is 2.98. The molecular weight excluding hydrogens is 417 g/mol. The summed E-state index contributed by atoms with van der Waals surface area (Å²) < 4.78 is 23.2. The first kappa shape index (κ1) is 24.6. The monoisotopic (exact) mass is 445 g/mol. The van der Waals surface area contributed by atoms with Crippen molar-refractivity contribution in [3.63, 3.8) is 0 Å². The molecule has 9 heteroatoms. The van der Waals surface area contributed by atoms with E-state index in [1.807, 2.05) is 0 Å². The minimum absolute atomic E-state index is 0.0961. The molecule has 172 valence electrons. The molecule has 2 amide bonds. The molecule has 2 atom stereocenters. The first-order valence-electron chi connectivity index (χ1n) is 10.3. The van der Waals surface area contributed by atoms with Gasteiger partial charge >= 0.3 is 12.1 Å². The van der Waals surface area contributed by atoms with Gasteiger partial charge in [0.15, 0.2) is 0 Å². The highest BCUT2D eigenvalue weighted by atomic mass is 19.1. The number of nitrogens with one attached hydrogen (secondary N) is 2. The molecule has 4 N–H and O–H groups in total. The van der Waals surface area contributed by atoms with Gasteiger partial charge in [-0.1, -0.05) is 24.3 Å². The Morgan fingerprint density at radius 3 is 1.94 bits per heavy atom. The molecule has 2 aromatic rings. The lowest BCUT2D eigenvalue weighted by Gasteiger charge is -2.22. The fourth-order valence-electron chi connectivity index (χ4n) is 2.98. The van der Waals surface area contributed by atoms with E-state index in [1.54, 1.807) is 38.1 Å². The molecule has 0 radical (unpaired) electrons. The number of anilines is 1. The molecule has 8 nitrogen and oxygen atoms in total. The second kappa shape index (κ2) is 12.3. The van der Waals surface area contributed by atoms with Gasteiger partial charge in [0.2, 0.25) is 5.91 Å². The number of hydrogen-bond donors (Lipinski definition) is 3. The van der Waals surface area contributed by atoms with Crippen LogP contribution in [0.4, 0.5) is 14.9 Å². The number of halogens is 1. The molecule has 0 heterocycles. The van der Waals surface area contributed by atoms with Crippen molar-refractivity contribution in [3.05, 3.63) is 65.5 Å². The standard InChI is InChI=1S/C23H28FN3O5/c1-3-31-22(29)20(14-15-5-9-17(24)10-6-15)26-21(28)19(27-23(30)32-4-2)13-16-7-11-18(25)12-8-16/h5-12,19-20H,3-4,13-14,25H2,1-2H3,(H,26,28)(H,27,30)/t19-,20-/m0/s1. The predicted molar refractivity (Wildman–Crippen MR) is 117 cm³/mol. The maximum absolute atomic E-state index is 13.2. The number of hydrogen-bond acceptors (Lipinski definition) is 6. The van der Waals surface area contributed by atoms with Crippen LogP contribution in [0.2, 0.25) is 0 Å². The maximum atomic E-state index is 13.2. The zero-order valence-electron chi connectivity index (χ0n) is 18.1. The van der Waals surface area contributed by atoms with Gasteiger partial charge in [-0.05, 0) is 49.2 Å². The van der Waals surface area contributed by atoms with Crippen molar-refractivity contribution in [1.29, 1.82) is 0 Å². The molecule has 0 unspecified atom stereocenters. The van der Waals surface area contributed by atoms with E-state index in [0.29, 0.717) is 11.3 Å². The van der Waals surface area contributed by atoms with Gasteiger partial charge in [-0.2, -0.15) is 0 Å². The number of amides is 2. The number of esters is 1. The second-order valence-corrected chi connectivity index (χ2v) is 7.01. The summed E-state index contributed by atoms with van der Waals surface area (Å²) in [6, 6.07) is 10.4. The van der Waals surface area contributed by atoms with Crippen LogP contribution in [0.15, 0.2) is 48.5 Å². The van der Waals surface area contributed by atoms with Crippen molar-refractivity contribution in [2.75, 3.05) is 18.9 Å². The minimum Gasteiger partial charge on any atom is -0.464 e. The van der Waals surface area contributed by atoms with Crippen LogP contribution in [0.5, 0.6) is 0 Å². The van der Waals surface area contributed by atoms with Crippen LogP contribution in [0.1, 0.15) is 25.0 Å². The first-order valence-corrected chi connectivity index (χ1v) is 10.3. The molecule has 2 rings (SSSR count). The molecule has 0 aliphatic heterocycles. The van der Waals surface area contributed by atoms with Crippen LogP contribution in [-0.4, -0.2) is 43.3 Å². The van der Waals surface area contributed by atoms with E-state index < -0.39 is 35.9 Å². The average Bonchev–Trinajstić information content (AvgIpc) is 2.76. The first-order chi connectivity index (χ1) is 15.3. The summed E-state index contributed by atoms with van der Waals surface area (Å²) in [4.78, 5) is 37.5. The zero-order chi connectivity index (χ0) is 23.5. The summed E-state index contributed by atoms with van der Waals surface area (Å²) in [6.07, 6.45) is -0.509. The molecule has 0 spiro atoms. The number of ether oxygens (including phenoxy) is 2. The van der Waals surface area contributed by atoms with E-state index in [2.05, 4.69) is 10.6 Å². The summed E-state index contributed by atoms with van der Waals surface area (Å²) in [5, 5.41) is 5.16. The molecule has 0 saturated heterocycles. The number of nitrogens with two attached hydrogens (primary N) is 1. The Hall–Kier alpha value is -3.62. The highest BCUT2D eigenvalue weighted by Crippen LogP contribution is 2.11. The summed E-state index contributed by atoms with van der Waals surface area (Å²) in [5.74, 6) is -1.63. The normalized spacial score (nSPS) is 12.3. The molecule has 0 fully saturated rings. The van der Waals surface area contributed by atoms with Crippen LogP contribution < -0.4 is 16.4 Å². The molecule has 0 bridgehead atoms. The van der Waals surface area contributed by atoms with Crippen LogP contribution >= 0.6 is 0 Å². The summed E-state index contributed by atoms with van der Waals surface area (Å²) in [5.41, 5.74) is 7.66. The molecule has 0 aliphatic carbocycles. The van der Waals surface area contributed by atoms with Gasteiger partial charge in [0.1, 0.15) is 17.9 Å². The van der Waals surface area contributed by atoms with E-state index in [4.69, 9.17) is 15.2 Å². The third kappa shape index (κ3) is 7.90. The Bertz CT molecular complexity index is 903. The predicted octanol–water partition coefficient (Wildman–Crippen LogP) is 2.36. The summed E-state index contributed by atoms with van der Waals surface area (Å²) in [7, 11) is 0. The number of alkyl carbamates (subject to hydrolysis) is 1. The molecule has 0 aliphatic rings. The highest BCUT2D eigenvalue weighted by Gasteiger charge is 2.28. The lowest BCUT2D eigenvalue weighted by atomic mass is 10.0. The Labute approximate surface area is 186 Å². The van der Waals surface area contributed by atoms with Crippen LogP contribution in [0.25, 0.3) is 0 Å². The van der Waals surface area contributed by atoms with Gasteiger partial charge in [-0.25, -0.2) is 14.0 Å². The minimum atomic E-state index is -1.02.